The van der Waals surface area contributed by atoms with Crippen molar-refractivity contribution in [1.82, 2.24) is 5.32 Å². The van der Waals surface area contributed by atoms with Crippen LogP contribution in [0.2, 0.25) is 0 Å². The Hall–Kier alpha value is -0.710. The van der Waals surface area contributed by atoms with Gasteiger partial charge in [-0.15, -0.1) is 0 Å². The van der Waals surface area contributed by atoms with Gasteiger partial charge in [0, 0.05) is 12.2 Å². The molecule has 5 heteroatoms. The summed E-state index contributed by atoms with van der Waals surface area (Å²) in [7, 11) is 0. The first-order valence-corrected chi connectivity index (χ1v) is 5.53. The summed E-state index contributed by atoms with van der Waals surface area (Å²) in [6.45, 7) is 0. The van der Waals surface area contributed by atoms with Gasteiger partial charge >= 0.3 is 5.97 Å². The number of carbonyl (C=O) groups is 2. The van der Waals surface area contributed by atoms with Crippen molar-refractivity contribution in [1.29, 1.82) is 0 Å². The van der Waals surface area contributed by atoms with E-state index in [0.717, 1.165) is 5.75 Å². The molecule has 0 heterocycles. The molecule has 74 valence electrons. The molecule has 0 saturated heterocycles. The molecule has 13 heavy (non-hydrogen) atoms. The van der Waals surface area contributed by atoms with E-state index in [1.807, 2.05) is 6.26 Å². The Bertz CT molecular complexity index is 225. The summed E-state index contributed by atoms with van der Waals surface area (Å²) in [4.78, 5) is 21.8. The first-order valence-electron chi connectivity index (χ1n) is 4.14. The average molecular weight is 203 g/mol. The molecule has 1 rings (SSSR count). The number of carboxylic acid groups (broad SMARTS) is 1. The molecule has 0 bridgehead atoms. The molecule has 1 aliphatic carbocycles. The summed E-state index contributed by atoms with van der Waals surface area (Å²) < 4.78 is 0. The fraction of sp³-hybridized carbons (Fsp3) is 0.750. The molecule has 1 saturated carbocycles. The lowest BCUT2D eigenvalue weighted by Crippen LogP contribution is -2.43. The van der Waals surface area contributed by atoms with Crippen LogP contribution in [0.5, 0.6) is 0 Å². The van der Waals surface area contributed by atoms with E-state index in [4.69, 9.17) is 5.11 Å². The predicted octanol–water partition coefficient (Wildman–Crippen LogP) is 0.473. The van der Waals surface area contributed by atoms with Gasteiger partial charge in [0.25, 0.3) is 0 Å². The van der Waals surface area contributed by atoms with Crippen LogP contribution >= 0.6 is 11.8 Å². The fourth-order valence-electron chi connectivity index (χ4n) is 1.04. The number of aliphatic carboxylic acids is 1. The normalized spacial score (nSPS) is 17.9. The second kappa shape index (κ2) is 4.00. The van der Waals surface area contributed by atoms with Gasteiger partial charge in [-0.1, -0.05) is 0 Å². The van der Waals surface area contributed by atoms with Gasteiger partial charge < -0.3 is 10.4 Å². The number of carboxylic acids is 1. The molecule has 1 aliphatic rings. The summed E-state index contributed by atoms with van der Waals surface area (Å²) in [5, 5.41) is 11.3. The maximum absolute atomic E-state index is 11.2. The summed E-state index contributed by atoms with van der Waals surface area (Å²) in [5.74, 6) is -0.333. The molecule has 0 unspecified atom stereocenters. The topological polar surface area (TPSA) is 66.4 Å². The first-order chi connectivity index (χ1) is 6.10. The third kappa shape index (κ3) is 2.62. The van der Waals surface area contributed by atoms with Crippen LogP contribution in [0.4, 0.5) is 0 Å². The van der Waals surface area contributed by atoms with Crippen molar-refractivity contribution >= 4 is 23.6 Å². The summed E-state index contributed by atoms with van der Waals surface area (Å²) in [6, 6.07) is 0. The van der Waals surface area contributed by atoms with E-state index < -0.39 is 11.5 Å². The molecule has 0 aromatic carbocycles. The third-order valence-corrected chi connectivity index (χ3v) is 2.68. The standard InChI is InChI=1S/C8H13NO3S/c1-13-5-2-6(10)9-8(3-4-8)7(11)12/h2-5H2,1H3,(H,9,10)(H,11,12). The lowest BCUT2D eigenvalue weighted by atomic mass is 10.2. The zero-order chi connectivity index (χ0) is 9.90. The Kier molecular flexibility index (Phi) is 3.19. The quantitative estimate of drug-likeness (QED) is 0.681. The largest absolute Gasteiger partial charge is 0.480 e. The highest BCUT2D eigenvalue weighted by Gasteiger charge is 2.51. The highest BCUT2D eigenvalue weighted by molar-refractivity contribution is 7.98. The molecule has 0 aromatic rings. The van der Waals surface area contributed by atoms with Crippen molar-refractivity contribution < 1.29 is 14.7 Å². The second-order valence-corrected chi connectivity index (χ2v) is 4.16. The molecule has 0 aromatic heterocycles. The van der Waals surface area contributed by atoms with Crippen LogP contribution in [0, 0.1) is 0 Å². The fourth-order valence-corrected chi connectivity index (χ4v) is 1.43. The molecule has 0 spiro atoms. The number of hydrogen-bond acceptors (Lipinski definition) is 3. The van der Waals surface area contributed by atoms with E-state index in [2.05, 4.69) is 5.32 Å². The van der Waals surface area contributed by atoms with E-state index >= 15 is 0 Å². The number of rotatable bonds is 5. The number of carbonyl (C=O) groups excluding carboxylic acids is 1. The van der Waals surface area contributed by atoms with Crippen molar-refractivity contribution in [3.8, 4) is 0 Å². The minimum atomic E-state index is -0.921. The lowest BCUT2D eigenvalue weighted by Gasteiger charge is -2.11. The molecule has 4 nitrogen and oxygen atoms in total. The van der Waals surface area contributed by atoms with Gasteiger partial charge in [-0.2, -0.15) is 11.8 Å². The summed E-state index contributed by atoms with van der Waals surface area (Å²) >= 11 is 1.58. The minimum absolute atomic E-state index is 0.158. The van der Waals surface area contributed by atoms with Gasteiger partial charge in [-0.3, -0.25) is 4.79 Å². The van der Waals surface area contributed by atoms with Gasteiger partial charge in [-0.05, 0) is 19.1 Å². The highest BCUT2D eigenvalue weighted by Crippen LogP contribution is 2.35. The minimum Gasteiger partial charge on any atom is -0.480 e. The molecule has 1 amide bonds. The van der Waals surface area contributed by atoms with Crippen LogP contribution in [0.1, 0.15) is 19.3 Å². The lowest BCUT2D eigenvalue weighted by molar-refractivity contribution is -0.143. The van der Waals surface area contributed by atoms with E-state index in [-0.39, 0.29) is 5.91 Å². The molecule has 0 atom stereocenters. The van der Waals surface area contributed by atoms with Crippen molar-refractivity contribution in [2.75, 3.05) is 12.0 Å². The van der Waals surface area contributed by atoms with Crippen LogP contribution in [0.25, 0.3) is 0 Å². The van der Waals surface area contributed by atoms with Gasteiger partial charge in [0.1, 0.15) is 5.54 Å². The summed E-state index contributed by atoms with van der Waals surface area (Å²) in [5.41, 5.74) is -0.921. The van der Waals surface area contributed by atoms with Gasteiger partial charge in [0.15, 0.2) is 0 Å². The maximum atomic E-state index is 11.2. The Labute approximate surface area is 81.1 Å². The Morgan fingerprint density at radius 1 is 1.54 bits per heavy atom. The van der Waals surface area contributed by atoms with Crippen LogP contribution in [0.3, 0.4) is 0 Å². The van der Waals surface area contributed by atoms with Crippen molar-refractivity contribution in [2.24, 2.45) is 0 Å². The molecule has 1 fully saturated rings. The molecular formula is C8H13NO3S. The summed E-state index contributed by atoms with van der Waals surface area (Å²) in [6.07, 6.45) is 3.44. The SMILES string of the molecule is CSCCC(=O)NC1(C(=O)O)CC1. The van der Waals surface area contributed by atoms with Crippen LogP contribution in [0.15, 0.2) is 0 Å². The van der Waals surface area contributed by atoms with Gasteiger partial charge in [0.2, 0.25) is 5.91 Å². The zero-order valence-corrected chi connectivity index (χ0v) is 8.32. The van der Waals surface area contributed by atoms with Crippen molar-refractivity contribution in [3.05, 3.63) is 0 Å². The number of thioether (sulfide) groups is 1. The Balaban J connectivity index is 2.32. The van der Waals surface area contributed by atoms with Crippen molar-refractivity contribution in [2.45, 2.75) is 24.8 Å². The van der Waals surface area contributed by atoms with Crippen LogP contribution in [-0.2, 0) is 9.59 Å². The number of hydrogen-bond donors (Lipinski definition) is 2. The Morgan fingerprint density at radius 2 is 2.15 bits per heavy atom. The third-order valence-electron chi connectivity index (χ3n) is 2.07. The molecule has 0 radical (unpaired) electrons. The van der Waals surface area contributed by atoms with Crippen LogP contribution < -0.4 is 5.32 Å². The van der Waals surface area contributed by atoms with E-state index in [9.17, 15) is 9.59 Å². The van der Waals surface area contributed by atoms with Gasteiger partial charge in [0.05, 0.1) is 0 Å². The second-order valence-electron chi connectivity index (χ2n) is 3.18. The van der Waals surface area contributed by atoms with E-state index in [0.29, 0.717) is 19.3 Å². The Morgan fingerprint density at radius 3 is 2.54 bits per heavy atom. The smallest absolute Gasteiger partial charge is 0.329 e. The van der Waals surface area contributed by atoms with Crippen molar-refractivity contribution in [3.63, 3.8) is 0 Å². The van der Waals surface area contributed by atoms with E-state index in [1.54, 1.807) is 11.8 Å². The van der Waals surface area contributed by atoms with Gasteiger partial charge in [-0.25, -0.2) is 4.79 Å². The molecule has 0 aliphatic heterocycles. The van der Waals surface area contributed by atoms with Crippen LogP contribution in [-0.4, -0.2) is 34.5 Å². The monoisotopic (exact) mass is 203 g/mol. The highest BCUT2D eigenvalue weighted by atomic mass is 32.2. The van der Waals surface area contributed by atoms with E-state index in [1.165, 1.54) is 0 Å². The average Bonchev–Trinajstić information content (AvgIpc) is 2.82. The maximum Gasteiger partial charge on any atom is 0.329 e. The molecular weight excluding hydrogens is 190 g/mol. The predicted molar refractivity (Wildman–Crippen MR) is 50.7 cm³/mol. The zero-order valence-electron chi connectivity index (χ0n) is 7.50. The molecule has 2 N–H and O–H groups in total. The number of amides is 1. The first kappa shape index (κ1) is 10.4. The number of nitrogens with one attached hydrogen (secondary N) is 1.